The fraction of sp³-hybridized carbons (Fsp3) is 0.500. The van der Waals surface area contributed by atoms with Crippen molar-refractivity contribution in [3.05, 3.63) is 29.8 Å². The number of nitrogens with two attached hydrogens (primary N) is 1. The Bertz CT molecular complexity index is 433. The van der Waals surface area contributed by atoms with Crippen LogP contribution in [0.5, 0.6) is 0 Å². The lowest BCUT2D eigenvalue weighted by Gasteiger charge is -2.37. The molecule has 2 unspecified atom stereocenters. The van der Waals surface area contributed by atoms with E-state index in [-0.39, 0.29) is 18.0 Å². The van der Waals surface area contributed by atoms with E-state index in [1.807, 2.05) is 31.3 Å². The molecule has 2 rings (SSSR count). The first-order valence-corrected chi connectivity index (χ1v) is 6.45. The molecule has 4 heteroatoms. The Balaban J connectivity index is 2.27. The maximum atomic E-state index is 10.1. The fourth-order valence-electron chi connectivity index (χ4n) is 2.73. The third-order valence-electron chi connectivity index (χ3n) is 3.77. The maximum Gasteiger partial charge on any atom is 0.124 e. The minimum atomic E-state index is -0.288. The lowest BCUT2D eigenvalue weighted by atomic mass is 9.91. The number of anilines is 1. The van der Waals surface area contributed by atoms with Gasteiger partial charge < -0.3 is 15.7 Å². The van der Waals surface area contributed by atoms with Gasteiger partial charge in [0.05, 0.1) is 12.1 Å². The number of hydrogen-bond acceptors (Lipinski definition) is 3. The Kier molecular flexibility index (Phi) is 3.87. The van der Waals surface area contributed by atoms with E-state index in [4.69, 9.17) is 11.1 Å². The predicted octanol–water partition coefficient (Wildman–Crippen LogP) is 1.71. The molecule has 1 fully saturated rings. The predicted molar refractivity (Wildman–Crippen MR) is 74.1 cm³/mol. The van der Waals surface area contributed by atoms with Crippen molar-refractivity contribution >= 4 is 11.5 Å². The molecule has 4 nitrogen and oxygen atoms in total. The Morgan fingerprint density at radius 3 is 2.67 bits per heavy atom. The first-order valence-electron chi connectivity index (χ1n) is 6.45. The summed E-state index contributed by atoms with van der Waals surface area (Å²) in [5.74, 6) is 0.0720. The molecule has 4 N–H and O–H groups in total. The van der Waals surface area contributed by atoms with Gasteiger partial charge in [-0.25, -0.2) is 0 Å². The number of rotatable bonds is 3. The third-order valence-corrected chi connectivity index (χ3v) is 3.77. The second kappa shape index (κ2) is 5.40. The lowest BCUT2D eigenvalue weighted by Crippen LogP contribution is -2.44. The van der Waals surface area contributed by atoms with Gasteiger partial charge in [0.15, 0.2) is 0 Å². The summed E-state index contributed by atoms with van der Waals surface area (Å²) in [6.07, 6.45) is 3.80. The van der Waals surface area contributed by atoms with E-state index in [2.05, 4.69) is 4.90 Å². The monoisotopic (exact) mass is 247 g/mol. The number of aliphatic hydroxyl groups is 1. The number of nitrogens with one attached hydrogen (secondary N) is 1. The fourth-order valence-corrected chi connectivity index (χ4v) is 2.73. The molecule has 0 saturated heterocycles. The SMILES string of the molecule is CN(c1ccccc1C(=N)N)C1CCCCC1O. The zero-order valence-corrected chi connectivity index (χ0v) is 10.8. The Morgan fingerprint density at radius 2 is 2.00 bits per heavy atom. The Hall–Kier alpha value is -1.55. The van der Waals surface area contributed by atoms with Crippen LogP contribution in [0.1, 0.15) is 31.2 Å². The Morgan fingerprint density at radius 1 is 1.33 bits per heavy atom. The van der Waals surface area contributed by atoms with Crippen molar-refractivity contribution in [2.24, 2.45) is 5.73 Å². The van der Waals surface area contributed by atoms with Crippen LogP contribution in [-0.4, -0.2) is 30.1 Å². The highest BCUT2D eigenvalue weighted by Crippen LogP contribution is 2.28. The zero-order valence-electron chi connectivity index (χ0n) is 10.8. The molecule has 2 atom stereocenters. The van der Waals surface area contributed by atoms with E-state index in [0.717, 1.165) is 36.9 Å². The molecule has 98 valence electrons. The molecule has 1 aromatic rings. The average molecular weight is 247 g/mol. The van der Waals surface area contributed by atoms with Gasteiger partial charge in [-0.15, -0.1) is 0 Å². The molecular formula is C14H21N3O. The number of likely N-dealkylation sites (N-methyl/N-ethyl adjacent to an activating group) is 1. The van der Waals surface area contributed by atoms with Crippen molar-refractivity contribution in [3.8, 4) is 0 Å². The first-order chi connectivity index (χ1) is 8.61. The van der Waals surface area contributed by atoms with Crippen LogP contribution in [0.4, 0.5) is 5.69 Å². The molecule has 0 aromatic heterocycles. The molecular weight excluding hydrogens is 226 g/mol. The summed E-state index contributed by atoms with van der Waals surface area (Å²) in [5, 5.41) is 17.7. The van der Waals surface area contributed by atoms with Crippen molar-refractivity contribution in [2.75, 3.05) is 11.9 Å². The normalized spacial score (nSPS) is 23.7. The van der Waals surface area contributed by atoms with E-state index in [1.165, 1.54) is 0 Å². The van der Waals surface area contributed by atoms with Crippen LogP contribution >= 0.6 is 0 Å². The smallest absolute Gasteiger partial charge is 0.124 e. The highest BCUT2D eigenvalue weighted by Gasteiger charge is 2.27. The van der Waals surface area contributed by atoms with Gasteiger partial charge >= 0.3 is 0 Å². The topological polar surface area (TPSA) is 73.3 Å². The van der Waals surface area contributed by atoms with Gasteiger partial charge in [0.1, 0.15) is 5.84 Å². The Labute approximate surface area is 108 Å². The van der Waals surface area contributed by atoms with Crippen molar-refractivity contribution in [1.29, 1.82) is 5.41 Å². The molecule has 1 aliphatic rings. The third kappa shape index (κ3) is 2.48. The molecule has 1 aromatic carbocycles. The highest BCUT2D eigenvalue weighted by molar-refractivity contribution is 6.00. The van der Waals surface area contributed by atoms with Crippen LogP contribution in [0.2, 0.25) is 0 Å². The molecule has 0 amide bonds. The molecule has 1 aliphatic carbocycles. The van der Waals surface area contributed by atoms with E-state index >= 15 is 0 Å². The summed E-state index contributed by atoms with van der Waals surface area (Å²) >= 11 is 0. The van der Waals surface area contributed by atoms with Crippen molar-refractivity contribution in [3.63, 3.8) is 0 Å². The summed E-state index contributed by atoms with van der Waals surface area (Å²) in [5.41, 5.74) is 7.27. The highest BCUT2D eigenvalue weighted by atomic mass is 16.3. The minimum absolute atomic E-state index is 0.0720. The second-order valence-electron chi connectivity index (χ2n) is 4.96. The van der Waals surface area contributed by atoms with Crippen LogP contribution in [0.3, 0.4) is 0 Å². The molecule has 0 heterocycles. The summed E-state index contributed by atoms with van der Waals surface area (Å²) in [6.45, 7) is 0. The molecule has 18 heavy (non-hydrogen) atoms. The quantitative estimate of drug-likeness (QED) is 0.562. The van der Waals surface area contributed by atoms with Crippen LogP contribution in [0.15, 0.2) is 24.3 Å². The van der Waals surface area contributed by atoms with Gasteiger partial charge in [-0.05, 0) is 25.0 Å². The molecule has 0 aliphatic heterocycles. The largest absolute Gasteiger partial charge is 0.391 e. The standard InChI is InChI=1S/C14H21N3O/c1-17(12-8-4-5-9-13(12)18)11-7-3-2-6-10(11)14(15)16/h2-3,6-7,12-13,18H,4-5,8-9H2,1H3,(H3,15,16). The maximum absolute atomic E-state index is 10.1. The molecule has 0 bridgehead atoms. The van der Waals surface area contributed by atoms with E-state index in [0.29, 0.717) is 0 Å². The van der Waals surface area contributed by atoms with E-state index in [1.54, 1.807) is 0 Å². The van der Waals surface area contributed by atoms with Crippen LogP contribution < -0.4 is 10.6 Å². The van der Waals surface area contributed by atoms with Gasteiger partial charge in [-0.1, -0.05) is 25.0 Å². The van der Waals surface area contributed by atoms with Gasteiger partial charge in [0, 0.05) is 18.3 Å². The number of benzene rings is 1. The lowest BCUT2D eigenvalue weighted by molar-refractivity contribution is 0.106. The number of para-hydroxylation sites is 1. The van der Waals surface area contributed by atoms with Crippen molar-refractivity contribution < 1.29 is 5.11 Å². The second-order valence-corrected chi connectivity index (χ2v) is 4.96. The van der Waals surface area contributed by atoms with Crippen molar-refractivity contribution in [1.82, 2.24) is 0 Å². The minimum Gasteiger partial charge on any atom is -0.391 e. The number of nitrogens with zero attached hydrogens (tertiary/aromatic N) is 1. The molecule has 1 saturated carbocycles. The number of aliphatic hydroxyl groups excluding tert-OH is 1. The molecule has 0 radical (unpaired) electrons. The average Bonchev–Trinajstić information content (AvgIpc) is 2.38. The summed E-state index contributed by atoms with van der Waals surface area (Å²) in [6, 6.07) is 7.75. The summed E-state index contributed by atoms with van der Waals surface area (Å²) < 4.78 is 0. The van der Waals surface area contributed by atoms with Gasteiger partial charge in [-0.3, -0.25) is 5.41 Å². The van der Waals surface area contributed by atoms with Crippen LogP contribution in [0.25, 0.3) is 0 Å². The van der Waals surface area contributed by atoms with Crippen LogP contribution in [-0.2, 0) is 0 Å². The summed E-state index contributed by atoms with van der Waals surface area (Å²) in [4.78, 5) is 2.07. The van der Waals surface area contributed by atoms with Gasteiger partial charge in [-0.2, -0.15) is 0 Å². The summed E-state index contributed by atoms with van der Waals surface area (Å²) in [7, 11) is 1.97. The number of hydrogen-bond donors (Lipinski definition) is 3. The van der Waals surface area contributed by atoms with Gasteiger partial charge in [0.25, 0.3) is 0 Å². The van der Waals surface area contributed by atoms with Gasteiger partial charge in [0.2, 0.25) is 0 Å². The number of nitrogen functional groups attached to an aromatic ring is 1. The van der Waals surface area contributed by atoms with Crippen molar-refractivity contribution in [2.45, 2.75) is 37.8 Å². The van der Waals surface area contributed by atoms with Crippen LogP contribution in [0, 0.1) is 5.41 Å². The van der Waals surface area contributed by atoms with E-state index in [9.17, 15) is 5.11 Å². The first kappa shape index (κ1) is 12.9. The molecule has 0 spiro atoms. The zero-order chi connectivity index (χ0) is 13.1. The number of amidine groups is 1. The van der Waals surface area contributed by atoms with E-state index < -0.39 is 0 Å².